The van der Waals surface area contributed by atoms with Crippen molar-refractivity contribution < 1.29 is 5.11 Å². The molecule has 62 valence electrons. The van der Waals surface area contributed by atoms with Crippen LogP contribution in [0.4, 0.5) is 0 Å². The molecule has 0 aromatic rings. The zero-order chi connectivity index (χ0) is 7.98. The number of rotatable bonds is 5. The van der Waals surface area contributed by atoms with Crippen LogP contribution in [0, 0.1) is 5.92 Å². The van der Waals surface area contributed by atoms with Gasteiger partial charge in [0.2, 0.25) is 0 Å². The van der Waals surface area contributed by atoms with Crippen LogP contribution in [0.3, 0.4) is 0 Å². The lowest BCUT2D eigenvalue weighted by Gasteiger charge is -2.15. The first-order valence-corrected chi connectivity index (χ1v) is 6.17. The Morgan fingerprint density at radius 3 is 2.10 bits per heavy atom. The highest BCUT2D eigenvalue weighted by atomic mass is 32.2. The van der Waals surface area contributed by atoms with Crippen molar-refractivity contribution in [2.75, 3.05) is 24.0 Å². The van der Waals surface area contributed by atoms with E-state index in [1.54, 1.807) is 23.5 Å². The van der Waals surface area contributed by atoms with Crippen LogP contribution >= 0.6 is 23.5 Å². The van der Waals surface area contributed by atoms with Crippen LogP contribution in [0.15, 0.2) is 0 Å². The molecule has 0 saturated carbocycles. The van der Waals surface area contributed by atoms with Crippen molar-refractivity contribution in [3.8, 4) is 0 Å². The van der Waals surface area contributed by atoms with Gasteiger partial charge in [0.05, 0.1) is 6.10 Å². The number of hydrogen-bond donors (Lipinski definition) is 1. The van der Waals surface area contributed by atoms with Gasteiger partial charge < -0.3 is 5.11 Å². The SMILES string of the molecule is CSCC(C)C(O)CSC. The summed E-state index contributed by atoms with van der Waals surface area (Å²) in [7, 11) is 0. The summed E-state index contributed by atoms with van der Waals surface area (Å²) in [6.45, 7) is 2.09. The average Bonchev–Trinajstić information content (AvgIpc) is 1.89. The average molecular weight is 180 g/mol. The van der Waals surface area contributed by atoms with Gasteiger partial charge in [0, 0.05) is 5.75 Å². The van der Waals surface area contributed by atoms with Gasteiger partial charge in [-0.3, -0.25) is 0 Å². The van der Waals surface area contributed by atoms with E-state index in [4.69, 9.17) is 0 Å². The molecule has 0 spiro atoms. The first kappa shape index (κ1) is 10.7. The van der Waals surface area contributed by atoms with Crippen molar-refractivity contribution in [2.45, 2.75) is 13.0 Å². The van der Waals surface area contributed by atoms with Crippen LogP contribution in [-0.4, -0.2) is 35.2 Å². The number of hydrogen-bond acceptors (Lipinski definition) is 3. The predicted molar refractivity (Wildman–Crippen MR) is 51.9 cm³/mol. The molecule has 0 aromatic heterocycles. The van der Waals surface area contributed by atoms with Crippen molar-refractivity contribution in [3.63, 3.8) is 0 Å². The van der Waals surface area contributed by atoms with Crippen LogP contribution in [0.5, 0.6) is 0 Å². The van der Waals surface area contributed by atoms with E-state index in [9.17, 15) is 5.11 Å². The van der Waals surface area contributed by atoms with Gasteiger partial charge in [0.1, 0.15) is 0 Å². The first-order valence-electron chi connectivity index (χ1n) is 3.38. The molecule has 0 aromatic carbocycles. The smallest absolute Gasteiger partial charge is 0.0663 e. The molecule has 2 atom stereocenters. The summed E-state index contributed by atoms with van der Waals surface area (Å²) in [6, 6.07) is 0. The fraction of sp³-hybridized carbons (Fsp3) is 1.00. The minimum Gasteiger partial charge on any atom is -0.392 e. The molecule has 0 radical (unpaired) electrons. The summed E-state index contributed by atoms with van der Waals surface area (Å²) in [6.07, 6.45) is 3.97. The largest absolute Gasteiger partial charge is 0.392 e. The highest BCUT2D eigenvalue weighted by Crippen LogP contribution is 2.12. The lowest BCUT2D eigenvalue weighted by molar-refractivity contribution is 0.151. The van der Waals surface area contributed by atoms with E-state index < -0.39 is 0 Å². The quantitative estimate of drug-likeness (QED) is 0.695. The Bertz CT molecular complexity index is 68.0. The molecule has 0 fully saturated rings. The molecule has 3 heteroatoms. The van der Waals surface area contributed by atoms with Crippen molar-refractivity contribution >= 4 is 23.5 Å². The van der Waals surface area contributed by atoms with Crippen LogP contribution in [0.25, 0.3) is 0 Å². The third-order valence-electron chi connectivity index (χ3n) is 1.42. The fourth-order valence-electron chi connectivity index (χ4n) is 0.709. The molecule has 0 amide bonds. The standard InChI is InChI=1S/C7H16OS2/c1-6(4-9-2)7(8)5-10-3/h6-8H,4-5H2,1-3H3. The summed E-state index contributed by atoms with van der Waals surface area (Å²) in [5.74, 6) is 2.35. The van der Waals surface area contributed by atoms with E-state index >= 15 is 0 Å². The number of aliphatic hydroxyl groups is 1. The molecule has 0 aliphatic carbocycles. The molecule has 1 N–H and O–H groups in total. The van der Waals surface area contributed by atoms with E-state index in [0.717, 1.165) is 11.5 Å². The molecule has 0 bridgehead atoms. The zero-order valence-electron chi connectivity index (χ0n) is 6.83. The molecular formula is C7H16OS2. The molecule has 2 unspecified atom stereocenters. The van der Waals surface area contributed by atoms with Gasteiger partial charge in [-0.15, -0.1) is 0 Å². The molecular weight excluding hydrogens is 164 g/mol. The van der Waals surface area contributed by atoms with Crippen molar-refractivity contribution in [1.29, 1.82) is 0 Å². The van der Waals surface area contributed by atoms with Gasteiger partial charge in [0.25, 0.3) is 0 Å². The topological polar surface area (TPSA) is 20.2 Å². The lowest BCUT2D eigenvalue weighted by atomic mass is 10.1. The number of aliphatic hydroxyl groups excluding tert-OH is 1. The van der Waals surface area contributed by atoms with E-state index in [2.05, 4.69) is 13.2 Å². The van der Waals surface area contributed by atoms with Gasteiger partial charge in [0.15, 0.2) is 0 Å². The summed E-state index contributed by atoms with van der Waals surface area (Å²) < 4.78 is 0. The Balaban J connectivity index is 3.38. The van der Waals surface area contributed by atoms with Gasteiger partial charge in [-0.05, 0) is 24.2 Å². The van der Waals surface area contributed by atoms with Crippen molar-refractivity contribution in [3.05, 3.63) is 0 Å². The fourth-order valence-corrected chi connectivity index (χ4v) is 2.13. The van der Waals surface area contributed by atoms with Crippen molar-refractivity contribution in [1.82, 2.24) is 0 Å². The Kier molecular flexibility index (Phi) is 6.80. The normalized spacial score (nSPS) is 16.8. The van der Waals surface area contributed by atoms with Gasteiger partial charge in [-0.2, -0.15) is 23.5 Å². The monoisotopic (exact) mass is 180 g/mol. The van der Waals surface area contributed by atoms with Gasteiger partial charge in [-0.1, -0.05) is 6.92 Å². The van der Waals surface area contributed by atoms with Crippen LogP contribution in [0.2, 0.25) is 0 Å². The summed E-state index contributed by atoms with van der Waals surface area (Å²) in [5, 5.41) is 9.41. The Hall–Kier alpha value is 0.660. The molecule has 0 heterocycles. The molecule has 1 nitrogen and oxygen atoms in total. The summed E-state index contributed by atoms with van der Waals surface area (Å²) in [4.78, 5) is 0. The Labute approximate surface area is 72.0 Å². The lowest BCUT2D eigenvalue weighted by Crippen LogP contribution is -2.21. The van der Waals surface area contributed by atoms with Gasteiger partial charge >= 0.3 is 0 Å². The summed E-state index contributed by atoms with van der Waals surface area (Å²) in [5.41, 5.74) is 0. The maximum Gasteiger partial charge on any atom is 0.0663 e. The second-order valence-electron chi connectivity index (χ2n) is 2.46. The third-order valence-corrected chi connectivity index (χ3v) is 2.96. The van der Waals surface area contributed by atoms with E-state index in [1.807, 2.05) is 6.26 Å². The summed E-state index contributed by atoms with van der Waals surface area (Å²) >= 11 is 3.50. The van der Waals surface area contributed by atoms with E-state index in [0.29, 0.717) is 5.92 Å². The van der Waals surface area contributed by atoms with Gasteiger partial charge in [-0.25, -0.2) is 0 Å². The Morgan fingerprint density at radius 1 is 1.20 bits per heavy atom. The molecule has 0 aliphatic rings. The molecule has 10 heavy (non-hydrogen) atoms. The minimum atomic E-state index is -0.123. The second kappa shape index (κ2) is 6.38. The predicted octanol–water partition coefficient (Wildman–Crippen LogP) is 1.71. The van der Waals surface area contributed by atoms with Crippen molar-refractivity contribution in [2.24, 2.45) is 5.92 Å². The maximum absolute atomic E-state index is 9.41. The van der Waals surface area contributed by atoms with Crippen LogP contribution < -0.4 is 0 Å². The van der Waals surface area contributed by atoms with E-state index in [1.165, 1.54) is 0 Å². The highest BCUT2D eigenvalue weighted by molar-refractivity contribution is 7.98. The highest BCUT2D eigenvalue weighted by Gasteiger charge is 2.11. The third kappa shape index (κ3) is 4.47. The van der Waals surface area contributed by atoms with Crippen LogP contribution in [0.1, 0.15) is 6.92 Å². The number of thioether (sulfide) groups is 2. The zero-order valence-corrected chi connectivity index (χ0v) is 8.47. The van der Waals surface area contributed by atoms with Crippen LogP contribution in [-0.2, 0) is 0 Å². The van der Waals surface area contributed by atoms with E-state index in [-0.39, 0.29) is 6.10 Å². The Morgan fingerprint density at radius 2 is 1.70 bits per heavy atom. The molecule has 0 saturated heterocycles. The maximum atomic E-state index is 9.41. The molecule has 0 aliphatic heterocycles. The minimum absolute atomic E-state index is 0.123. The first-order chi connectivity index (χ1) is 4.72. The molecule has 0 rings (SSSR count). The second-order valence-corrected chi connectivity index (χ2v) is 4.28.